The molecule has 3 nitrogen and oxygen atoms in total. The van der Waals surface area contributed by atoms with Crippen molar-refractivity contribution in [1.29, 1.82) is 0 Å². The summed E-state index contributed by atoms with van der Waals surface area (Å²) < 4.78 is 0. The Kier molecular flexibility index (Phi) is 6.07. The van der Waals surface area contributed by atoms with Crippen molar-refractivity contribution in [3.05, 3.63) is 34.9 Å². The van der Waals surface area contributed by atoms with Crippen LogP contribution in [0, 0.1) is 0 Å². The van der Waals surface area contributed by atoms with Crippen LogP contribution in [0.1, 0.15) is 44.6 Å². The van der Waals surface area contributed by atoms with E-state index < -0.39 is 0 Å². The molecule has 2 unspecified atom stereocenters. The van der Waals surface area contributed by atoms with E-state index in [1.54, 1.807) is 0 Å². The summed E-state index contributed by atoms with van der Waals surface area (Å²) in [5, 5.41) is 10.9. The van der Waals surface area contributed by atoms with E-state index in [9.17, 15) is 9.90 Å². The van der Waals surface area contributed by atoms with E-state index in [-0.39, 0.29) is 12.0 Å². The second kappa shape index (κ2) is 7.81. The lowest BCUT2D eigenvalue weighted by Crippen LogP contribution is -2.34. The van der Waals surface area contributed by atoms with Gasteiger partial charge < -0.3 is 10.0 Å². The second-order valence-corrected chi connectivity index (χ2v) is 6.28. The number of hydrogen-bond donors (Lipinski definition) is 1. The van der Waals surface area contributed by atoms with Gasteiger partial charge in [0.15, 0.2) is 0 Å². The molecule has 2 rings (SSSR count). The molecule has 0 aromatic heterocycles. The lowest BCUT2D eigenvalue weighted by molar-refractivity contribution is -0.129. The van der Waals surface area contributed by atoms with Gasteiger partial charge in [0.2, 0.25) is 5.91 Å². The van der Waals surface area contributed by atoms with Crippen molar-refractivity contribution < 1.29 is 9.90 Å². The summed E-state index contributed by atoms with van der Waals surface area (Å²) in [5.41, 5.74) is 1.06. The molecular formula is C17H24ClNO2. The standard InChI is InChI=1S/C17H24ClNO2/c1-2-10-19-15(7-9-17(19)21)6-8-16(20)12-13-4-3-5-14(18)11-13/h3-5,11,15-16,20H,2,6-10,12H2,1H3. The van der Waals surface area contributed by atoms with Gasteiger partial charge in [0.1, 0.15) is 0 Å². The van der Waals surface area contributed by atoms with Gasteiger partial charge in [-0.25, -0.2) is 0 Å². The zero-order valence-corrected chi connectivity index (χ0v) is 13.4. The maximum atomic E-state index is 11.8. The topological polar surface area (TPSA) is 40.5 Å². The molecule has 116 valence electrons. The molecule has 1 aliphatic rings. The first-order valence-corrected chi connectivity index (χ1v) is 8.20. The van der Waals surface area contributed by atoms with Crippen LogP contribution in [-0.4, -0.2) is 34.6 Å². The minimum Gasteiger partial charge on any atom is -0.393 e. The molecule has 0 saturated carbocycles. The van der Waals surface area contributed by atoms with E-state index in [2.05, 4.69) is 6.92 Å². The van der Waals surface area contributed by atoms with E-state index in [4.69, 9.17) is 11.6 Å². The quantitative estimate of drug-likeness (QED) is 0.838. The van der Waals surface area contributed by atoms with Gasteiger partial charge in [0, 0.05) is 24.0 Å². The van der Waals surface area contributed by atoms with Crippen molar-refractivity contribution in [3.63, 3.8) is 0 Å². The Hall–Kier alpha value is -1.06. The molecule has 0 radical (unpaired) electrons. The molecule has 1 saturated heterocycles. The highest BCUT2D eigenvalue weighted by Crippen LogP contribution is 2.24. The third kappa shape index (κ3) is 4.72. The van der Waals surface area contributed by atoms with Crippen LogP contribution in [0.15, 0.2) is 24.3 Å². The van der Waals surface area contributed by atoms with Crippen LogP contribution >= 0.6 is 11.6 Å². The predicted octanol–water partition coefficient (Wildman–Crippen LogP) is 3.42. The van der Waals surface area contributed by atoms with Gasteiger partial charge in [-0.3, -0.25) is 4.79 Å². The van der Waals surface area contributed by atoms with Crippen LogP contribution in [0.3, 0.4) is 0 Å². The fraction of sp³-hybridized carbons (Fsp3) is 0.588. The highest BCUT2D eigenvalue weighted by Gasteiger charge is 2.30. The number of hydrogen-bond acceptors (Lipinski definition) is 2. The van der Waals surface area contributed by atoms with Crippen molar-refractivity contribution in [1.82, 2.24) is 4.90 Å². The third-order valence-electron chi connectivity index (χ3n) is 4.11. The number of likely N-dealkylation sites (tertiary alicyclic amines) is 1. The summed E-state index contributed by atoms with van der Waals surface area (Å²) in [6.45, 7) is 2.94. The van der Waals surface area contributed by atoms with Gasteiger partial charge >= 0.3 is 0 Å². The van der Waals surface area contributed by atoms with Crippen LogP contribution in [0.2, 0.25) is 5.02 Å². The van der Waals surface area contributed by atoms with Gasteiger partial charge in [0.25, 0.3) is 0 Å². The first-order valence-electron chi connectivity index (χ1n) is 7.82. The number of aliphatic hydroxyl groups is 1. The number of carbonyl (C=O) groups is 1. The maximum absolute atomic E-state index is 11.8. The Labute approximate surface area is 131 Å². The molecule has 1 aliphatic heterocycles. The van der Waals surface area contributed by atoms with Gasteiger partial charge in [-0.2, -0.15) is 0 Å². The molecule has 1 N–H and O–H groups in total. The summed E-state index contributed by atoms with van der Waals surface area (Å²) in [6.07, 6.45) is 4.45. The molecule has 4 heteroatoms. The lowest BCUT2D eigenvalue weighted by atomic mass is 10.0. The Morgan fingerprint density at radius 2 is 2.29 bits per heavy atom. The highest BCUT2D eigenvalue weighted by atomic mass is 35.5. The third-order valence-corrected chi connectivity index (χ3v) is 4.35. The minimum atomic E-state index is -0.373. The molecule has 1 aromatic carbocycles. The Morgan fingerprint density at radius 1 is 1.48 bits per heavy atom. The molecule has 2 atom stereocenters. The molecule has 0 aliphatic carbocycles. The molecular weight excluding hydrogens is 286 g/mol. The molecule has 0 spiro atoms. The molecule has 1 fully saturated rings. The van der Waals surface area contributed by atoms with E-state index in [0.29, 0.717) is 23.9 Å². The van der Waals surface area contributed by atoms with E-state index in [1.807, 2.05) is 29.2 Å². The summed E-state index contributed by atoms with van der Waals surface area (Å²) in [6, 6.07) is 7.93. The number of rotatable bonds is 7. The Balaban J connectivity index is 1.81. The SMILES string of the molecule is CCCN1C(=O)CCC1CCC(O)Cc1cccc(Cl)c1. The first kappa shape index (κ1) is 16.3. The minimum absolute atomic E-state index is 0.270. The second-order valence-electron chi connectivity index (χ2n) is 5.84. The number of nitrogens with zero attached hydrogens (tertiary/aromatic N) is 1. The van der Waals surface area contributed by atoms with Gasteiger partial charge in [0.05, 0.1) is 6.10 Å². The van der Waals surface area contributed by atoms with Crippen molar-refractivity contribution >= 4 is 17.5 Å². The summed E-state index contributed by atoms with van der Waals surface area (Å²) in [7, 11) is 0. The molecule has 0 bridgehead atoms. The number of benzene rings is 1. The van der Waals surface area contributed by atoms with Crippen molar-refractivity contribution in [3.8, 4) is 0 Å². The van der Waals surface area contributed by atoms with Crippen LogP contribution in [0.25, 0.3) is 0 Å². The van der Waals surface area contributed by atoms with E-state index in [1.165, 1.54) is 0 Å². The van der Waals surface area contributed by atoms with Crippen molar-refractivity contribution in [2.45, 2.75) is 57.6 Å². The monoisotopic (exact) mass is 309 g/mol. The van der Waals surface area contributed by atoms with Gasteiger partial charge in [-0.1, -0.05) is 30.7 Å². The van der Waals surface area contributed by atoms with E-state index in [0.717, 1.165) is 37.8 Å². The molecule has 21 heavy (non-hydrogen) atoms. The molecule has 1 heterocycles. The lowest BCUT2D eigenvalue weighted by Gasteiger charge is -2.25. The van der Waals surface area contributed by atoms with Crippen LogP contribution in [0.4, 0.5) is 0 Å². The summed E-state index contributed by atoms with van der Waals surface area (Å²) in [4.78, 5) is 13.8. The van der Waals surface area contributed by atoms with E-state index >= 15 is 0 Å². The first-order chi connectivity index (χ1) is 10.1. The molecule has 1 aromatic rings. The van der Waals surface area contributed by atoms with Crippen LogP contribution in [-0.2, 0) is 11.2 Å². The van der Waals surface area contributed by atoms with Gasteiger partial charge in [-0.15, -0.1) is 0 Å². The number of amides is 1. The zero-order chi connectivity index (χ0) is 15.2. The number of carbonyl (C=O) groups excluding carboxylic acids is 1. The van der Waals surface area contributed by atoms with Crippen LogP contribution < -0.4 is 0 Å². The average Bonchev–Trinajstić information content (AvgIpc) is 2.78. The Morgan fingerprint density at radius 3 is 3.00 bits per heavy atom. The van der Waals surface area contributed by atoms with Crippen molar-refractivity contribution in [2.75, 3.05) is 6.54 Å². The summed E-state index contributed by atoms with van der Waals surface area (Å²) >= 11 is 5.95. The smallest absolute Gasteiger partial charge is 0.222 e. The largest absolute Gasteiger partial charge is 0.393 e. The zero-order valence-electron chi connectivity index (χ0n) is 12.6. The summed E-state index contributed by atoms with van der Waals surface area (Å²) in [5.74, 6) is 0.270. The maximum Gasteiger partial charge on any atom is 0.222 e. The number of aliphatic hydroxyl groups excluding tert-OH is 1. The fourth-order valence-corrected chi connectivity index (χ4v) is 3.28. The van der Waals surface area contributed by atoms with Gasteiger partial charge in [-0.05, 0) is 49.8 Å². The normalized spacial score (nSPS) is 20.0. The average molecular weight is 310 g/mol. The fourth-order valence-electron chi connectivity index (χ4n) is 3.06. The number of halogens is 1. The molecule has 1 amide bonds. The van der Waals surface area contributed by atoms with Crippen LogP contribution in [0.5, 0.6) is 0 Å². The highest BCUT2D eigenvalue weighted by molar-refractivity contribution is 6.30. The Bertz CT molecular complexity index is 478. The predicted molar refractivity (Wildman–Crippen MR) is 85.4 cm³/mol. The van der Waals surface area contributed by atoms with Crippen molar-refractivity contribution in [2.24, 2.45) is 0 Å².